The van der Waals surface area contributed by atoms with Gasteiger partial charge in [-0.05, 0) is 6.07 Å². The number of hydrogen-bond acceptors (Lipinski definition) is 3. The summed E-state index contributed by atoms with van der Waals surface area (Å²) in [7, 11) is -4.02. The highest BCUT2D eigenvalue weighted by Crippen LogP contribution is 2.40. The summed E-state index contributed by atoms with van der Waals surface area (Å²) in [6.45, 7) is 0. The lowest BCUT2D eigenvalue weighted by atomic mass is 10.4. The molecular weight excluding hydrogens is 169 g/mol. The SMILES string of the molecule is Nc1occc1CP(=O)(O)O. The molecule has 0 aromatic carbocycles. The molecule has 5 nitrogen and oxygen atoms in total. The van der Waals surface area contributed by atoms with Crippen molar-refractivity contribution in [2.75, 3.05) is 5.73 Å². The molecule has 0 aliphatic carbocycles. The zero-order chi connectivity index (χ0) is 8.48. The Labute approximate surface area is 63.0 Å². The van der Waals surface area contributed by atoms with E-state index in [4.69, 9.17) is 15.5 Å². The summed E-state index contributed by atoms with van der Waals surface area (Å²) in [4.78, 5) is 17.1. The molecule has 0 radical (unpaired) electrons. The van der Waals surface area contributed by atoms with E-state index in [2.05, 4.69) is 4.42 Å². The molecule has 6 heteroatoms. The van der Waals surface area contributed by atoms with Gasteiger partial charge in [0.15, 0.2) is 5.88 Å². The third kappa shape index (κ3) is 2.38. The van der Waals surface area contributed by atoms with Gasteiger partial charge in [0.25, 0.3) is 0 Å². The van der Waals surface area contributed by atoms with Crippen LogP contribution in [0.5, 0.6) is 0 Å². The molecule has 0 fully saturated rings. The van der Waals surface area contributed by atoms with Crippen LogP contribution in [0.4, 0.5) is 5.88 Å². The summed E-state index contributed by atoms with van der Waals surface area (Å²) in [6, 6.07) is 1.44. The van der Waals surface area contributed by atoms with Gasteiger partial charge in [-0.2, -0.15) is 0 Å². The van der Waals surface area contributed by atoms with Crippen molar-refractivity contribution < 1.29 is 18.8 Å². The third-order valence-corrected chi connectivity index (χ3v) is 1.91. The van der Waals surface area contributed by atoms with Crippen molar-refractivity contribution in [3.8, 4) is 0 Å². The van der Waals surface area contributed by atoms with Gasteiger partial charge < -0.3 is 19.9 Å². The minimum atomic E-state index is -4.02. The minimum Gasteiger partial charge on any atom is -0.449 e. The average molecular weight is 177 g/mol. The lowest BCUT2D eigenvalue weighted by Gasteiger charge is -2.00. The van der Waals surface area contributed by atoms with Gasteiger partial charge in [0.05, 0.1) is 12.4 Å². The molecule has 0 saturated carbocycles. The van der Waals surface area contributed by atoms with E-state index in [9.17, 15) is 4.57 Å². The standard InChI is InChI=1S/C5H8NO4P/c6-5-4(1-2-10-5)3-11(7,8)9/h1-2H,3,6H2,(H2,7,8,9). The van der Waals surface area contributed by atoms with Crippen LogP contribution < -0.4 is 5.73 Å². The molecule has 0 bridgehead atoms. The highest BCUT2D eigenvalue weighted by atomic mass is 31.2. The maximum atomic E-state index is 10.4. The molecule has 0 atom stereocenters. The maximum absolute atomic E-state index is 10.4. The molecule has 1 heterocycles. The molecule has 11 heavy (non-hydrogen) atoms. The summed E-state index contributed by atoms with van der Waals surface area (Å²) in [6.07, 6.45) is 0.926. The Morgan fingerprint density at radius 1 is 1.64 bits per heavy atom. The van der Waals surface area contributed by atoms with Crippen molar-refractivity contribution in [3.63, 3.8) is 0 Å². The molecule has 0 aliphatic heterocycles. The molecule has 0 aliphatic rings. The smallest absolute Gasteiger partial charge is 0.330 e. The Morgan fingerprint density at radius 2 is 2.27 bits per heavy atom. The molecule has 0 unspecified atom stereocenters. The van der Waals surface area contributed by atoms with Crippen molar-refractivity contribution in [2.45, 2.75) is 6.16 Å². The summed E-state index contributed by atoms with van der Waals surface area (Å²) < 4.78 is 15.1. The van der Waals surface area contributed by atoms with Gasteiger partial charge in [0.2, 0.25) is 0 Å². The first kappa shape index (κ1) is 8.33. The van der Waals surface area contributed by atoms with E-state index in [0.717, 1.165) is 0 Å². The van der Waals surface area contributed by atoms with Crippen molar-refractivity contribution in [1.29, 1.82) is 0 Å². The second-order valence-corrected chi connectivity index (χ2v) is 3.78. The zero-order valence-electron chi connectivity index (χ0n) is 5.60. The molecule has 1 rings (SSSR count). The van der Waals surface area contributed by atoms with E-state index in [1.807, 2.05) is 0 Å². The van der Waals surface area contributed by atoms with E-state index in [1.165, 1.54) is 12.3 Å². The minimum absolute atomic E-state index is 0.0633. The predicted molar refractivity (Wildman–Crippen MR) is 38.9 cm³/mol. The quantitative estimate of drug-likeness (QED) is 0.573. The predicted octanol–water partition coefficient (Wildman–Crippen LogP) is 0.539. The Kier molecular flexibility index (Phi) is 2.04. The van der Waals surface area contributed by atoms with Crippen LogP contribution in [-0.4, -0.2) is 9.79 Å². The second-order valence-electron chi connectivity index (χ2n) is 2.13. The highest BCUT2D eigenvalue weighted by molar-refractivity contribution is 7.50. The van der Waals surface area contributed by atoms with Gasteiger partial charge in [-0.1, -0.05) is 0 Å². The van der Waals surface area contributed by atoms with Crippen molar-refractivity contribution >= 4 is 13.5 Å². The van der Waals surface area contributed by atoms with Crippen LogP contribution in [0.1, 0.15) is 5.56 Å². The first-order valence-corrected chi connectivity index (χ1v) is 4.65. The Hall–Kier alpha value is -0.770. The lowest BCUT2D eigenvalue weighted by molar-refractivity contribution is 0.371. The Bertz CT molecular complexity index is 288. The number of nitrogens with two attached hydrogens (primary N) is 1. The first-order chi connectivity index (χ1) is 4.99. The molecule has 0 amide bonds. The van der Waals surface area contributed by atoms with Crippen molar-refractivity contribution in [2.24, 2.45) is 0 Å². The fourth-order valence-corrected chi connectivity index (χ4v) is 1.40. The number of furan rings is 1. The van der Waals surface area contributed by atoms with E-state index in [-0.39, 0.29) is 12.0 Å². The van der Waals surface area contributed by atoms with Gasteiger partial charge in [-0.15, -0.1) is 0 Å². The summed E-state index contributed by atoms with van der Waals surface area (Å²) in [5.41, 5.74) is 5.58. The van der Waals surface area contributed by atoms with E-state index in [0.29, 0.717) is 5.56 Å². The van der Waals surface area contributed by atoms with Crippen molar-refractivity contribution in [1.82, 2.24) is 0 Å². The van der Waals surface area contributed by atoms with Crippen LogP contribution in [0, 0.1) is 0 Å². The number of rotatable bonds is 2. The molecule has 0 saturated heterocycles. The summed E-state index contributed by atoms with van der Waals surface area (Å²) >= 11 is 0. The van der Waals surface area contributed by atoms with Gasteiger partial charge >= 0.3 is 7.60 Å². The van der Waals surface area contributed by atoms with Gasteiger partial charge in [-0.25, -0.2) is 0 Å². The highest BCUT2D eigenvalue weighted by Gasteiger charge is 2.16. The Morgan fingerprint density at radius 3 is 2.64 bits per heavy atom. The number of nitrogen functional groups attached to an aromatic ring is 1. The van der Waals surface area contributed by atoms with Crippen LogP contribution in [-0.2, 0) is 10.7 Å². The molecule has 62 valence electrons. The molecule has 1 aromatic heterocycles. The fraction of sp³-hybridized carbons (Fsp3) is 0.200. The van der Waals surface area contributed by atoms with E-state index < -0.39 is 7.60 Å². The van der Waals surface area contributed by atoms with Crippen LogP contribution in [0.15, 0.2) is 16.7 Å². The Balaban J connectivity index is 2.80. The average Bonchev–Trinajstić information content (AvgIpc) is 2.12. The zero-order valence-corrected chi connectivity index (χ0v) is 6.49. The monoisotopic (exact) mass is 177 g/mol. The second kappa shape index (κ2) is 2.70. The van der Waals surface area contributed by atoms with Gasteiger partial charge in [0, 0.05) is 5.56 Å². The normalized spacial score (nSPS) is 11.8. The van der Waals surface area contributed by atoms with Crippen LogP contribution in [0.3, 0.4) is 0 Å². The van der Waals surface area contributed by atoms with Crippen LogP contribution in [0.2, 0.25) is 0 Å². The van der Waals surface area contributed by atoms with Gasteiger partial charge in [-0.3, -0.25) is 4.57 Å². The molecule has 4 N–H and O–H groups in total. The molecule has 1 aromatic rings. The summed E-state index contributed by atoms with van der Waals surface area (Å²) in [5.74, 6) is 0.0633. The maximum Gasteiger partial charge on any atom is 0.330 e. The van der Waals surface area contributed by atoms with Gasteiger partial charge in [0.1, 0.15) is 0 Å². The van der Waals surface area contributed by atoms with Crippen LogP contribution in [0.25, 0.3) is 0 Å². The van der Waals surface area contributed by atoms with Crippen LogP contribution >= 0.6 is 7.60 Å². The third-order valence-electron chi connectivity index (χ3n) is 1.16. The largest absolute Gasteiger partial charge is 0.449 e. The topological polar surface area (TPSA) is 96.7 Å². The van der Waals surface area contributed by atoms with E-state index in [1.54, 1.807) is 0 Å². The van der Waals surface area contributed by atoms with Crippen molar-refractivity contribution in [3.05, 3.63) is 17.9 Å². The number of anilines is 1. The van der Waals surface area contributed by atoms with E-state index >= 15 is 0 Å². The lowest BCUT2D eigenvalue weighted by Crippen LogP contribution is -1.90. The molecular formula is C5H8NO4P. The number of hydrogen-bond donors (Lipinski definition) is 3. The summed E-state index contributed by atoms with van der Waals surface area (Å²) in [5, 5.41) is 0. The first-order valence-electron chi connectivity index (χ1n) is 2.85. The fourth-order valence-electron chi connectivity index (χ4n) is 0.700. The molecule has 0 spiro atoms.